The molecule has 1 aliphatic heterocycles. The van der Waals surface area contributed by atoms with Gasteiger partial charge in [-0.15, -0.1) is 11.3 Å². The fraction of sp³-hybridized carbons (Fsp3) is 0.333. The normalized spacial score (nSPS) is 18.5. The molecule has 0 unspecified atom stereocenters. The first-order chi connectivity index (χ1) is 10.6. The molecule has 1 amide bonds. The van der Waals surface area contributed by atoms with Gasteiger partial charge in [-0.2, -0.15) is 0 Å². The highest BCUT2D eigenvalue weighted by atomic mass is 35.5. The van der Waals surface area contributed by atoms with Crippen molar-refractivity contribution in [1.82, 2.24) is 9.88 Å². The molecule has 2 heterocycles. The number of halogens is 2. The summed E-state index contributed by atoms with van der Waals surface area (Å²) in [4.78, 5) is 18.7. The molecule has 7 heteroatoms. The minimum atomic E-state index is -0.663. The van der Waals surface area contributed by atoms with Crippen molar-refractivity contribution in [2.75, 3.05) is 18.8 Å². The van der Waals surface area contributed by atoms with E-state index in [4.69, 9.17) is 17.3 Å². The molecule has 1 aliphatic rings. The molecule has 1 aromatic carbocycles. The molecule has 116 valence electrons. The Kier molecular flexibility index (Phi) is 4.31. The predicted molar refractivity (Wildman–Crippen MR) is 85.8 cm³/mol. The molecule has 0 saturated carbocycles. The maximum Gasteiger partial charge on any atom is 0.256 e. The predicted octanol–water partition coefficient (Wildman–Crippen LogP) is 3.54. The number of likely N-dealkylation sites (tertiary alicyclic amines) is 1. The number of benzene rings is 1. The Bertz CT molecular complexity index is 692. The molecule has 2 aromatic rings. The number of thiazole rings is 1. The number of hydrogen-bond acceptors (Lipinski definition) is 4. The van der Waals surface area contributed by atoms with Gasteiger partial charge in [-0.05, 0) is 25.0 Å². The lowest BCUT2D eigenvalue weighted by molar-refractivity contribution is 0.0707. The number of carbonyl (C=O) groups excluding carboxylic acids is 1. The van der Waals surface area contributed by atoms with E-state index in [-0.39, 0.29) is 28.1 Å². The Morgan fingerprint density at radius 2 is 2.32 bits per heavy atom. The highest BCUT2D eigenvalue weighted by Gasteiger charge is 2.28. The number of nitrogens with zero attached hydrogens (tertiary/aromatic N) is 2. The monoisotopic (exact) mass is 339 g/mol. The lowest BCUT2D eigenvalue weighted by atomic mass is 9.98. The lowest BCUT2D eigenvalue weighted by Crippen LogP contribution is -2.39. The number of amides is 1. The first-order valence-electron chi connectivity index (χ1n) is 6.99. The summed E-state index contributed by atoms with van der Waals surface area (Å²) >= 11 is 7.43. The Morgan fingerprint density at radius 1 is 1.50 bits per heavy atom. The number of hydrogen-bond donors (Lipinski definition) is 1. The summed E-state index contributed by atoms with van der Waals surface area (Å²) in [5.41, 5.74) is 5.68. The molecule has 1 saturated heterocycles. The molecule has 4 nitrogen and oxygen atoms in total. The smallest absolute Gasteiger partial charge is 0.256 e. The van der Waals surface area contributed by atoms with Gasteiger partial charge in [-0.3, -0.25) is 4.79 Å². The average molecular weight is 340 g/mol. The molecule has 0 radical (unpaired) electrons. The summed E-state index contributed by atoms with van der Waals surface area (Å²) in [6.07, 6.45) is 3.65. The summed E-state index contributed by atoms with van der Waals surface area (Å²) in [6, 6.07) is 2.54. The molecule has 0 aliphatic carbocycles. The second-order valence-corrected chi connectivity index (χ2v) is 6.67. The highest BCUT2D eigenvalue weighted by molar-refractivity contribution is 7.09. The third-order valence-corrected chi connectivity index (χ3v) is 4.99. The van der Waals surface area contributed by atoms with Gasteiger partial charge in [-0.25, -0.2) is 9.37 Å². The molecule has 1 aromatic heterocycles. The van der Waals surface area contributed by atoms with E-state index in [9.17, 15) is 9.18 Å². The molecule has 0 bridgehead atoms. The van der Waals surface area contributed by atoms with Crippen molar-refractivity contribution in [3.8, 4) is 0 Å². The van der Waals surface area contributed by atoms with Crippen molar-refractivity contribution >= 4 is 34.5 Å². The van der Waals surface area contributed by atoms with Crippen molar-refractivity contribution in [2.45, 2.75) is 18.8 Å². The van der Waals surface area contributed by atoms with Crippen molar-refractivity contribution < 1.29 is 9.18 Å². The fourth-order valence-electron chi connectivity index (χ4n) is 2.73. The van der Waals surface area contributed by atoms with Crippen LogP contribution in [0.1, 0.15) is 34.1 Å². The number of aromatic nitrogens is 1. The molecule has 3 rings (SSSR count). The summed E-state index contributed by atoms with van der Waals surface area (Å²) in [5.74, 6) is -0.715. The van der Waals surface area contributed by atoms with Gasteiger partial charge >= 0.3 is 0 Å². The van der Waals surface area contributed by atoms with Crippen LogP contribution in [-0.4, -0.2) is 28.9 Å². The summed E-state index contributed by atoms with van der Waals surface area (Å²) < 4.78 is 13.7. The first-order valence-corrected chi connectivity index (χ1v) is 8.25. The van der Waals surface area contributed by atoms with Crippen LogP contribution in [0.15, 0.2) is 23.7 Å². The van der Waals surface area contributed by atoms with Crippen LogP contribution in [0.5, 0.6) is 0 Å². The van der Waals surface area contributed by atoms with Gasteiger partial charge in [0.2, 0.25) is 0 Å². The maximum absolute atomic E-state index is 13.7. The fourth-order valence-corrected chi connectivity index (χ4v) is 3.70. The van der Waals surface area contributed by atoms with Gasteiger partial charge < -0.3 is 10.6 Å². The summed E-state index contributed by atoms with van der Waals surface area (Å²) in [5, 5.41) is 3.13. The molecule has 2 N–H and O–H groups in total. The van der Waals surface area contributed by atoms with Gasteiger partial charge in [0.25, 0.3) is 5.91 Å². The Morgan fingerprint density at radius 3 is 3.05 bits per heavy atom. The Labute approximate surface area is 136 Å². The summed E-state index contributed by atoms with van der Waals surface area (Å²) in [7, 11) is 0. The van der Waals surface area contributed by atoms with E-state index in [1.54, 1.807) is 22.4 Å². The van der Waals surface area contributed by atoms with Crippen LogP contribution in [0.4, 0.5) is 10.1 Å². The van der Waals surface area contributed by atoms with Gasteiger partial charge in [-0.1, -0.05) is 11.6 Å². The second kappa shape index (κ2) is 6.22. The third-order valence-electron chi connectivity index (χ3n) is 3.83. The van der Waals surface area contributed by atoms with Crippen LogP contribution in [0, 0.1) is 5.82 Å². The topological polar surface area (TPSA) is 59.2 Å². The first kappa shape index (κ1) is 15.2. The summed E-state index contributed by atoms with van der Waals surface area (Å²) in [6.45, 7) is 1.20. The van der Waals surface area contributed by atoms with E-state index >= 15 is 0 Å². The number of nitrogens with two attached hydrogens (primary N) is 1. The molecular formula is C15H15ClFN3OS. The second-order valence-electron chi connectivity index (χ2n) is 5.31. The zero-order valence-electron chi connectivity index (χ0n) is 11.8. The third kappa shape index (κ3) is 2.94. The van der Waals surface area contributed by atoms with E-state index in [1.807, 2.05) is 5.38 Å². The van der Waals surface area contributed by atoms with Crippen LogP contribution < -0.4 is 5.73 Å². The van der Waals surface area contributed by atoms with Crippen LogP contribution in [0.2, 0.25) is 5.02 Å². The van der Waals surface area contributed by atoms with Crippen molar-refractivity contribution in [3.05, 3.63) is 45.1 Å². The largest absolute Gasteiger partial charge is 0.396 e. The lowest BCUT2D eigenvalue weighted by Gasteiger charge is -2.32. The van der Waals surface area contributed by atoms with Gasteiger partial charge in [0.15, 0.2) is 0 Å². The zero-order chi connectivity index (χ0) is 15.7. The Balaban J connectivity index is 1.83. The number of rotatable bonds is 2. The quantitative estimate of drug-likeness (QED) is 0.851. The standard InChI is InChI=1S/C15H15ClFN3OS/c16-10-6-11(13(18)12(17)7-10)15(21)20-4-1-2-9(8-20)14-19-3-5-22-14/h3,5-7,9H,1-2,4,8,18H2/t9-/m1/s1. The van der Waals surface area contributed by atoms with E-state index in [0.29, 0.717) is 13.1 Å². The molecule has 0 spiro atoms. The van der Waals surface area contributed by atoms with Gasteiger partial charge in [0.1, 0.15) is 5.82 Å². The molecular weight excluding hydrogens is 325 g/mol. The van der Waals surface area contributed by atoms with Crippen molar-refractivity contribution in [1.29, 1.82) is 0 Å². The van der Waals surface area contributed by atoms with Gasteiger partial charge in [0.05, 0.1) is 16.3 Å². The molecule has 1 fully saturated rings. The molecule has 22 heavy (non-hydrogen) atoms. The minimum Gasteiger partial charge on any atom is -0.396 e. The number of anilines is 1. The van der Waals surface area contributed by atoms with E-state index < -0.39 is 5.82 Å². The number of nitrogen functional groups attached to an aromatic ring is 1. The van der Waals surface area contributed by atoms with Crippen molar-refractivity contribution in [3.63, 3.8) is 0 Å². The van der Waals surface area contributed by atoms with Gasteiger partial charge in [0, 0.05) is 35.6 Å². The average Bonchev–Trinajstić information content (AvgIpc) is 3.05. The van der Waals surface area contributed by atoms with E-state index in [2.05, 4.69) is 4.98 Å². The Hall–Kier alpha value is -1.66. The van der Waals surface area contributed by atoms with Crippen LogP contribution in [0.3, 0.4) is 0 Å². The SMILES string of the molecule is Nc1c(F)cc(Cl)cc1C(=O)N1CCC[C@@H](c2nccs2)C1. The van der Waals surface area contributed by atoms with Crippen LogP contribution in [0.25, 0.3) is 0 Å². The number of carbonyl (C=O) groups is 1. The number of piperidine rings is 1. The zero-order valence-corrected chi connectivity index (χ0v) is 13.3. The van der Waals surface area contributed by atoms with E-state index in [0.717, 1.165) is 23.9 Å². The van der Waals surface area contributed by atoms with Crippen LogP contribution >= 0.6 is 22.9 Å². The van der Waals surface area contributed by atoms with Crippen LogP contribution in [-0.2, 0) is 0 Å². The van der Waals surface area contributed by atoms with Crippen molar-refractivity contribution in [2.24, 2.45) is 0 Å². The highest BCUT2D eigenvalue weighted by Crippen LogP contribution is 2.30. The van der Waals surface area contributed by atoms with E-state index in [1.165, 1.54) is 6.07 Å². The maximum atomic E-state index is 13.7. The molecule has 1 atom stereocenters. The minimum absolute atomic E-state index is 0.129.